The first-order valence-corrected chi connectivity index (χ1v) is 5.84. The van der Waals surface area contributed by atoms with E-state index in [1.165, 1.54) is 19.3 Å². The van der Waals surface area contributed by atoms with E-state index < -0.39 is 0 Å². The first-order chi connectivity index (χ1) is 8.27. The molecule has 0 fully saturated rings. The topological polar surface area (TPSA) is 80.7 Å². The number of nitrogens with zero attached hydrogens (tertiary/aromatic N) is 2. The van der Waals surface area contributed by atoms with E-state index >= 15 is 0 Å². The number of pyridine rings is 1. The minimum atomic E-state index is -0.000467. The molecule has 1 heterocycles. The molecule has 0 unspecified atom stereocenters. The van der Waals surface area contributed by atoms with Crippen LogP contribution in [0, 0.1) is 0 Å². The Morgan fingerprint density at radius 3 is 2.82 bits per heavy atom. The van der Waals surface area contributed by atoms with Crippen LogP contribution >= 0.6 is 0 Å². The summed E-state index contributed by atoms with van der Waals surface area (Å²) in [6.45, 7) is 2.88. The van der Waals surface area contributed by atoms with Gasteiger partial charge in [-0.15, -0.1) is 0 Å². The fourth-order valence-electron chi connectivity index (χ4n) is 1.39. The second kappa shape index (κ2) is 7.49. The van der Waals surface area contributed by atoms with E-state index in [0.29, 0.717) is 18.1 Å². The number of rotatable bonds is 7. The molecule has 0 aliphatic heterocycles. The van der Waals surface area contributed by atoms with Crippen LogP contribution in [0.5, 0.6) is 5.75 Å². The van der Waals surface area contributed by atoms with Crippen molar-refractivity contribution in [3.8, 4) is 5.75 Å². The molecule has 0 aliphatic rings. The van der Waals surface area contributed by atoms with Gasteiger partial charge >= 0.3 is 0 Å². The molecule has 1 rings (SSSR count). The van der Waals surface area contributed by atoms with Crippen molar-refractivity contribution < 1.29 is 9.94 Å². The molecule has 1 aromatic rings. The van der Waals surface area contributed by atoms with Crippen molar-refractivity contribution in [2.45, 2.75) is 32.6 Å². The zero-order chi connectivity index (χ0) is 12.5. The standard InChI is InChI=1S/C12H19N3O2/c1-2-3-4-5-8-17-10-6-7-11(14-9-10)12(13)15-16/h6-7,9,16H,2-5,8H2,1H3,(H2,13,15). The van der Waals surface area contributed by atoms with E-state index in [1.54, 1.807) is 18.3 Å². The number of oxime groups is 1. The molecule has 1 aromatic heterocycles. The van der Waals surface area contributed by atoms with Crippen LogP contribution in [0.1, 0.15) is 38.3 Å². The lowest BCUT2D eigenvalue weighted by molar-refractivity contribution is 0.304. The molecule has 5 heteroatoms. The van der Waals surface area contributed by atoms with Crippen LogP contribution in [0.2, 0.25) is 0 Å². The van der Waals surface area contributed by atoms with Crippen LogP contribution in [-0.4, -0.2) is 22.6 Å². The lowest BCUT2D eigenvalue weighted by Gasteiger charge is -2.05. The van der Waals surface area contributed by atoms with Crippen LogP contribution in [-0.2, 0) is 0 Å². The Labute approximate surface area is 101 Å². The highest BCUT2D eigenvalue weighted by atomic mass is 16.5. The monoisotopic (exact) mass is 237 g/mol. The number of unbranched alkanes of at least 4 members (excludes halogenated alkanes) is 3. The van der Waals surface area contributed by atoms with Gasteiger partial charge in [-0.1, -0.05) is 31.3 Å². The Kier molecular flexibility index (Phi) is 5.85. The number of hydrogen-bond donors (Lipinski definition) is 2. The molecule has 0 saturated heterocycles. The van der Waals surface area contributed by atoms with Crippen LogP contribution < -0.4 is 10.5 Å². The second-order valence-corrected chi connectivity index (χ2v) is 3.77. The summed E-state index contributed by atoms with van der Waals surface area (Å²) in [6.07, 6.45) is 6.27. The molecule has 0 radical (unpaired) electrons. The fourth-order valence-corrected chi connectivity index (χ4v) is 1.39. The van der Waals surface area contributed by atoms with Crippen LogP contribution in [0.3, 0.4) is 0 Å². The van der Waals surface area contributed by atoms with Crippen LogP contribution in [0.15, 0.2) is 23.5 Å². The highest BCUT2D eigenvalue weighted by Gasteiger charge is 2.01. The SMILES string of the molecule is CCCCCCOc1ccc(/C(N)=N/O)nc1. The smallest absolute Gasteiger partial charge is 0.188 e. The summed E-state index contributed by atoms with van der Waals surface area (Å²) < 4.78 is 5.52. The van der Waals surface area contributed by atoms with Gasteiger partial charge in [0.05, 0.1) is 12.8 Å². The molecule has 94 valence electrons. The van der Waals surface area contributed by atoms with Gasteiger partial charge in [0, 0.05) is 0 Å². The van der Waals surface area contributed by atoms with Crippen molar-refractivity contribution >= 4 is 5.84 Å². The van der Waals surface area contributed by atoms with Crippen molar-refractivity contribution in [2.24, 2.45) is 10.9 Å². The van der Waals surface area contributed by atoms with E-state index in [4.69, 9.17) is 15.7 Å². The first-order valence-electron chi connectivity index (χ1n) is 5.84. The Hall–Kier alpha value is -1.78. The number of nitrogens with two attached hydrogens (primary N) is 1. The number of ether oxygens (including phenoxy) is 1. The third kappa shape index (κ3) is 4.72. The van der Waals surface area contributed by atoms with Gasteiger partial charge in [-0.25, -0.2) is 4.98 Å². The summed E-state index contributed by atoms with van der Waals surface area (Å²) in [6, 6.07) is 3.43. The van der Waals surface area contributed by atoms with E-state index in [9.17, 15) is 0 Å². The quantitative estimate of drug-likeness (QED) is 0.250. The molecule has 3 N–H and O–H groups in total. The highest BCUT2D eigenvalue weighted by molar-refractivity contribution is 5.95. The van der Waals surface area contributed by atoms with Gasteiger partial charge in [-0.2, -0.15) is 0 Å². The fraction of sp³-hybridized carbons (Fsp3) is 0.500. The van der Waals surface area contributed by atoms with E-state index in [1.807, 2.05) is 0 Å². The number of amidine groups is 1. The van der Waals surface area contributed by atoms with Gasteiger partial charge < -0.3 is 15.7 Å². The van der Waals surface area contributed by atoms with Gasteiger partial charge in [-0.3, -0.25) is 0 Å². The molecule has 0 saturated carbocycles. The van der Waals surface area contributed by atoms with Crippen molar-refractivity contribution in [1.29, 1.82) is 0 Å². The Balaban J connectivity index is 2.35. The summed E-state index contributed by atoms with van der Waals surface area (Å²) in [5.41, 5.74) is 5.83. The first kappa shape index (κ1) is 13.3. The molecule has 0 aliphatic carbocycles. The molecular formula is C12H19N3O2. The van der Waals surface area contributed by atoms with E-state index in [-0.39, 0.29) is 5.84 Å². The number of aromatic nitrogens is 1. The average molecular weight is 237 g/mol. The third-order valence-corrected chi connectivity index (χ3v) is 2.37. The molecule has 0 amide bonds. The van der Waals surface area contributed by atoms with Gasteiger partial charge in [0.25, 0.3) is 0 Å². The average Bonchev–Trinajstić information content (AvgIpc) is 2.38. The van der Waals surface area contributed by atoms with Gasteiger partial charge in [-0.05, 0) is 18.6 Å². The summed E-state index contributed by atoms with van der Waals surface area (Å²) in [5, 5.41) is 11.3. The summed E-state index contributed by atoms with van der Waals surface area (Å²) >= 11 is 0. The maximum atomic E-state index is 8.47. The lowest BCUT2D eigenvalue weighted by atomic mass is 10.2. The van der Waals surface area contributed by atoms with E-state index in [0.717, 1.165) is 6.42 Å². The maximum absolute atomic E-state index is 8.47. The van der Waals surface area contributed by atoms with Crippen molar-refractivity contribution in [2.75, 3.05) is 6.61 Å². The Bertz CT molecular complexity index is 349. The van der Waals surface area contributed by atoms with Gasteiger partial charge in [0.2, 0.25) is 0 Å². The normalized spacial score (nSPS) is 11.5. The molecule has 0 bridgehead atoms. The second-order valence-electron chi connectivity index (χ2n) is 3.77. The van der Waals surface area contributed by atoms with Gasteiger partial charge in [0.15, 0.2) is 5.84 Å². The summed E-state index contributed by atoms with van der Waals surface area (Å²) in [5.74, 6) is 0.704. The molecule has 5 nitrogen and oxygen atoms in total. The van der Waals surface area contributed by atoms with E-state index in [2.05, 4.69) is 17.1 Å². The molecule has 0 atom stereocenters. The predicted octanol–water partition coefficient (Wildman–Crippen LogP) is 2.14. The third-order valence-electron chi connectivity index (χ3n) is 2.37. The Morgan fingerprint density at radius 2 is 2.24 bits per heavy atom. The molecular weight excluding hydrogens is 218 g/mol. The maximum Gasteiger partial charge on any atom is 0.188 e. The van der Waals surface area contributed by atoms with Crippen molar-refractivity contribution in [1.82, 2.24) is 4.98 Å². The minimum absolute atomic E-state index is 0.000467. The molecule has 0 spiro atoms. The van der Waals surface area contributed by atoms with Gasteiger partial charge in [0.1, 0.15) is 11.4 Å². The van der Waals surface area contributed by atoms with Crippen LogP contribution in [0.4, 0.5) is 0 Å². The Morgan fingerprint density at radius 1 is 1.41 bits per heavy atom. The predicted molar refractivity (Wildman–Crippen MR) is 66.4 cm³/mol. The lowest BCUT2D eigenvalue weighted by Crippen LogP contribution is -2.14. The zero-order valence-electron chi connectivity index (χ0n) is 10.1. The van der Waals surface area contributed by atoms with Crippen LogP contribution in [0.25, 0.3) is 0 Å². The molecule has 17 heavy (non-hydrogen) atoms. The van der Waals surface area contributed by atoms with Crippen molar-refractivity contribution in [3.63, 3.8) is 0 Å². The summed E-state index contributed by atoms with van der Waals surface area (Å²) in [4.78, 5) is 4.02. The molecule has 0 aromatic carbocycles. The number of hydrogen-bond acceptors (Lipinski definition) is 4. The van der Waals surface area contributed by atoms with Crippen molar-refractivity contribution in [3.05, 3.63) is 24.0 Å². The highest BCUT2D eigenvalue weighted by Crippen LogP contribution is 2.10. The minimum Gasteiger partial charge on any atom is -0.492 e. The zero-order valence-corrected chi connectivity index (χ0v) is 10.1. The summed E-state index contributed by atoms with van der Waals surface area (Å²) in [7, 11) is 0. The largest absolute Gasteiger partial charge is 0.492 e.